The van der Waals surface area contributed by atoms with Gasteiger partial charge in [0, 0.05) is 12.5 Å². The summed E-state index contributed by atoms with van der Waals surface area (Å²) >= 11 is 0. The lowest BCUT2D eigenvalue weighted by Crippen LogP contribution is -2.48. The van der Waals surface area contributed by atoms with Crippen LogP contribution in [-0.4, -0.2) is 51.1 Å². The Morgan fingerprint density at radius 3 is 2.59 bits per heavy atom. The van der Waals surface area contributed by atoms with E-state index < -0.39 is 11.2 Å². The summed E-state index contributed by atoms with van der Waals surface area (Å²) in [5, 5.41) is 19.5. The summed E-state index contributed by atoms with van der Waals surface area (Å²) in [7, 11) is 0. The van der Waals surface area contributed by atoms with Crippen molar-refractivity contribution >= 4 is 6.09 Å². The lowest BCUT2D eigenvalue weighted by atomic mass is 9.85. The predicted molar refractivity (Wildman–Crippen MR) is 61.5 cm³/mol. The second-order valence-electron chi connectivity index (χ2n) is 6.10. The average Bonchev–Trinajstić information content (AvgIpc) is 2.70. The molecule has 5 nitrogen and oxygen atoms in total. The van der Waals surface area contributed by atoms with Crippen molar-refractivity contribution in [1.29, 1.82) is 0 Å². The van der Waals surface area contributed by atoms with E-state index in [1.54, 1.807) is 4.90 Å². The number of carbonyl (C=O) groups is 1. The first-order chi connectivity index (χ1) is 7.77. The number of nitrogens with zero attached hydrogens (tertiary/aromatic N) is 1. The maximum absolute atomic E-state index is 12.0. The number of ether oxygens (including phenoxy) is 1. The van der Waals surface area contributed by atoms with Gasteiger partial charge in [-0.1, -0.05) is 0 Å². The number of amides is 1. The molecular formula is C12H21NO4. The predicted octanol–water partition coefficient (Wildman–Crippen LogP) is 0.882. The smallest absolute Gasteiger partial charge is 0.410 e. The first kappa shape index (κ1) is 12.6. The Balaban J connectivity index is 2.11. The Bertz CT molecular complexity index is 325. The molecule has 2 N–H and O–H groups in total. The standard InChI is InChI=1S/C12H21NO4/c1-11(2,3)17-10(15)13-8-4-5-9(13)12(16,6-8)7-14/h8-9,14,16H,4-7H2,1-3H3/t8-,9+,12?/m0/s1. The Labute approximate surface area is 101 Å². The molecule has 0 aromatic heterocycles. The molecule has 2 bridgehead atoms. The summed E-state index contributed by atoms with van der Waals surface area (Å²) in [5.41, 5.74) is -1.67. The molecule has 17 heavy (non-hydrogen) atoms. The molecule has 2 saturated heterocycles. The molecule has 1 amide bonds. The van der Waals surface area contributed by atoms with Crippen molar-refractivity contribution in [1.82, 2.24) is 4.90 Å². The van der Waals surface area contributed by atoms with E-state index in [-0.39, 0.29) is 24.8 Å². The van der Waals surface area contributed by atoms with Crippen molar-refractivity contribution in [2.45, 2.75) is 63.3 Å². The zero-order chi connectivity index (χ0) is 12.8. The molecule has 0 radical (unpaired) electrons. The topological polar surface area (TPSA) is 70.0 Å². The molecule has 0 spiro atoms. The number of hydrogen-bond donors (Lipinski definition) is 2. The van der Waals surface area contributed by atoms with Crippen LogP contribution < -0.4 is 0 Å². The minimum absolute atomic E-state index is 0.00648. The Morgan fingerprint density at radius 1 is 1.47 bits per heavy atom. The molecule has 0 aromatic carbocycles. The molecule has 5 heteroatoms. The van der Waals surface area contributed by atoms with Gasteiger partial charge in [0.1, 0.15) is 11.2 Å². The van der Waals surface area contributed by atoms with Gasteiger partial charge in [-0.05, 0) is 33.6 Å². The van der Waals surface area contributed by atoms with Gasteiger partial charge in [-0.2, -0.15) is 0 Å². The van der Waals surface area contributed by atoms with E-state index in [4.69, 9.17) is 4.74 Å². The van der Waals surface area contributed by atoms with Crippen LogP contribution in [0, 0.1) is 0 Å². The van der Waals surface area contributed by atoms with Gasteiger partial charge in [0.2, 0.25) is 0 Å². The SMILES string of the molecule is CC(C)(C)OC(=O)N1[C@H]2CC[C@@H]1C(O)(CO)C2. The molecule has 2 aliphatic rings. The fraction of sp³-hybridized carbons (Fsp3) is 0.917. The summed E-state index contributed by atoms with van der Waals surface area (Å²) in [4.78, 5) is 13.6. The molecule has 2 rings (SSSR count). The number of aliphatic hydroxyl groups excluding tert-OH is 1. The van der Waals surface area contributed by atoms with Gasteiger partial charge in [0.05, 0.1) is 12.6 Å². The number of hydrogen-bond acceptors (Lipinski definition) is 4. The molecule has 98 valence electrons. The van der Waals surface area contributed by atoms with Crippen LogP contribution in [0.25, 0.3) is 0 Å². The van der Waals surface area contributed by atoms with E-state index in [1.165, 1.54) is 0 Å². The van der Waals surface area contributed by atoms with E-state index in [9.17, 15) is 15.0 Å². The highest BCUT2D eigenvalue weighted by atomic mass is 16.6. The fourth-order valence-corrected chi connectivity index (χ4v) is 2.92. The molecule has 3 atom stereocenters. The average molecular weight is 243 g/mol. The first-order valence-corrected chi connectivity index (χ1v) is 6.11. The fourth-order valence-electron chi connectivity index (χ4n) is 2.92. The highest BCUT2D eigenvalue weighted by Crippen LogP contribution is 2.44. The van der Waals surface area contributed by atoms with Gasteiger partial charge in [-0.25, -0.2) is 4.79 Å². The normalized spacial score (nSPS) is 36.4. The van der Waals surface area contributed by atoms with Crippen molar-refractivity contribution in [3.63, 3.8) is 0 Å². The highest BCUT2D eigenvalue weighted by Gasteiger charge is 2.57. The van der Waals surface area contributed by atoms with Crippen LogP contribution >= 0.6 is 0 Å². The van der Waals surface area contributed by atoms with Crippen LogP contribution in [0.4, 0.5) is 4.79 Å². The van der Waals surface area contributed by atoms with Gasteiger partial charge < -0.3 is 14.9 Å². The highest BCUT2D eigenvalue weighted by molar-refractivity contribution is 5.70. The van der Waals surface area contributed by atoms with E-state index in [0.717, 1.165) is 12.8 Å². The Hall–Kier alpha value is -0.810. The molecule has 2 heterocycles. The summed E-state index contributed by atoms with van der Waals surface area (Å²) < 4.78 is 5.33. The summed E-state index contributed by atoms with van der Waals surface area (Å²) in [6, 6.07) is -0.292. The number of rotatable bonds is 1. The zero-order valence-corrected chi connectivity index (χ0v) is 10.6. The zero-order valence-electron chi connectivity index (χ0n) is 10.6. The third-order valence-corrected chi connectivity index (χ3v) is 3.59. The number of fused-ring (bicyclic) bond motifs is 2. The van der Waals surface area contributed by atoms with Crippen molar-refractivity contribution < 1.29 is 19.7 Å². The lowest BCUT2D eigenvalue weighted by molar-refractivity contribution is -0.0464. The van der Waals surface area contributed by atoms with Crippen molar-refractivity contribution in [3.8, 4) is 0 Å². The van der Waals surface area contributed by atoms with Crippen molar-refractivity contribution in [3.05, 3.63) is 0 Å². The van der Waals surface area contributed by atoms with Crippen LogP contribution in [0.5, 0.6) is 0 Å². The summed E-state index contributed by atoms with van der Waals surface area (Å²) in [6.45, 7) is 5.16. The monoisotopic (exact) mass is 243 g/mol. The van der Waals surface area contributed by atoms with E-state index in [2.05, 4.69) is 0 Å². The van der Waals surface area contributed by atoms with Gasteiger partial charge in [-0.15, -0.1) is 0 Å². The molecule has 0 saturated carbocycles. The van der Waals surface area contributed by atoms with Crippen LogP contribution in [0.2, 0.25) is 0 Å². The van der Waals surface area contributed by atoms with Gasteiger partial charge in [0.15, 0.2) is 0 Å². The molecule has 1 unspecified atom stereocenters. The second-order valence-corrected chi connectivity index (χ2v) is 6.10. The first-order valence-electron chi connectivity index (χ1n) is 6.11. The minimum atomic E-state index is -1.14. The van der Waals surface area contributed by atoms with Gasteiger partial charge in [0.25, 0.3) is 0 Å². The summed E-state index contributed by atoms with van der Waals surface area (Å²) in [6.07, 6.45) is 1.69. The van der Waals surface area contributed by atoms with E-state index >= 15 is 0 Å². The molecule has 0 aliphatic carbocycles. The lowest BCUT2D eigenvalue weighted by Gasteiger charge is -2.31. The number of carbonyl (C=O) groups excluding carboxylic acids is 1. The largest absolute Gasteiger partial charge is 0.444 e. The van der Waals surface area contributed by atoms with Crippen molar-refractivity contribution in [2.24, 2.45) is 0 Å². The van der Waals surface area contributed by atoms with Crippen LogP contribution in [0.3, 0.4) is 0 Å². The van der Waals surface area contributed by atoms with Crippen LogP contribution in [0.15, 0.2) is 0 Å². The Morgan fingerprint density at radius 2 is 2.12 bits per heavy atom. The Kier molecular flexibility index (Phi) is 2.86. The van der Waals surface area contributed by atoms with E-state index in [0.29, 0.717) is 6.42 Å². The maximum Gasteiger partial charge on any atom is 0.410 e. The van der Waals surface area contributed by atoms with E-state index in [1.807, 2.05) is 20.8 Å². The summed E-state index contributed by atoms with van der Waals surface area (Å²) in [5.74, 6) is 0. The quantitative estimate of drug-likeness (QED) is 0.717. The van der Waals surface area contributed by atoms with Crippen LogP contribution in [0.1, 0.15) is 40.0 Å². The molecular weight excluding hydrogens is 222 g/mol. The minimum Gasteiger partial charge on any atom is -0.444 e. The molecule has 0 aromatic rings. The van der Waals surface area contributed by atoms with Crippen LogP contribution in [-0.2, 0) is 4.74 Å². The molecule has 2 aliphatic heterocycles. The molecule has 2 fully saturated rings. The second kappa shape index (κ2) is 3.85. The van der Waals surface area contributed by atoms with Gasteiger partial charge in [-0.3, -0.25) is 4.90 Å². The van der Waals surface area contributed by atoms with Gasteiger partial charge >= 0.3 is 6.09 Å². The third-order valence-electron chi connectivity index (χ3n) is 3.59. The third kappa shape index (κ3) is 2.13. The number of aliphatic hydroxyl groups is 2. The maximum atomic E-state index is 12.0. The van der Waals surface area contributed by atoms with Crippen molar-refractivity contribution in [2.75, 3.05) is 6.61 Å².